The molecule has 0 bridgehead atoms. The highest BCUT2D eigenvalue weighted by atomic mass is 16.8. The third kappa shape index (κ3) is 4.40. The van der Waals surface area contributed by atoms with Gasteiger partial charge in [-0.1, -0.05) is 60.7 Å². The van der Waals surface area contributed by atoms with Gasteiger partial charge in [0.15, 0.2) is 0 Å². The smallest absolute Gasteiger partial charge is 0.260 e. The summed E-state index contributed by atoms with van der Waals surface area (Å²) in [5.74, 6) is -0.283. The molecule has 1 fully saturated rings. The first-order chi connectivity index (χ1) is 17.1. The average Bonchev–Trinajstić information content (AvgIpc) is 3.16. The summed E-state index contributed by atoms with van der Waals surface area (Å²) in [5, 5.41) is 32.1. The zero-order chi connectivity index (χ0) is 24.4. The molecule has 1 amide bonds. The minimum absolute atomic E-state index is 0.00164. The van der Waals surface area contributed by atoms with E-state index in [1.807, 2.05) is 60.7 Å². The van der Waals surface area contributed by atoms with E-state index in [1.54, 1.807) is 17.0 Å². The van der Waals surface area contributed by atoms with Gasteiger partial charge in [0, 0.05) is 18.8 Å². The molecular formula is C27H26N3O5-. The number of para-hydroxylation sites is 1. The highest BCUT2D eigenvalue weighted by molar-refractivity contribution is 6.10. The minimum atomic E-state index is -0.668. The van der Waals surface area contributed by atoms with Crippen LogP contribution in [0.3, 0.4) is 0 Å². The van der Waals surface area contributed by atoms with Gasteiger partial charge in [0.2, 0.25) is 0 Å². The summed E-state index contributed by atoms with van der Waals surface area (Å²) in [6.07, 6.45) is 0. The van der Waals surface area contributed by atoms with Crippen molar-refractivity contribution in [2.24, 2.45) is 0 Å². The van der Waals surface area contributed by atoms with E-state index in [0.29, 0.717) is 37.6 Å². The first kappa shape index (κ1) is 23.1. The van der Waals surface area contributed by atoms with Crippen LogP contribution in [0.1, 0.15) is 23.2 Å². The van der Waals surface area contributed by atoms with Crippen LogP contribution in [0.15, 0.2) is 96.3 Å². The van der Waals surface area contributed by atoms with Gasteiger partial charge in [-0.25, -0.2) is 0 Å². The molecule has 2 aliphatic rings. The lowest BCUT2D eigenvalue weighted by atomic mass is 9.94. The van der Waals surface area contributed by atoms with E-state index in [0.717, 1.165) is 11.1 Å². The van der Waals surface area contributed by atoms with Crippen LogP contribution in [-0.2, 0) is 9.53 Å². The molecule has 35 heavy (non-hydrogen) atoms. The lowest BCUT2D eigenvalue weighted by molar-refractivity contribution is -0.115. The van der Waals surface area contributed by atoms with Crippen molar-refractivity contribution in [3.8, 4) is 0 Å². The Hall–Kier alpha value is -3.69. The second-order valence-electron chi connectivity index (χ2n) is 8.54. The molecule has 3 aromatic rings. The molecule has 0 saturated carbocycles. The van der Waals surface area contributed by atoms with Gasteiger partial charge in [-0.2, -0.15) is 0 Å². The van der Waals surface area contributed by atoms with Crippen LogP contribution in [0.25, 0.3) is 0 Å². The molecule has 0 aromatic heterocycles. The fraction of sp³-hybridized carbons (Fsp3) is 0.222. The van der Waals surface area contributed by atoms with E-state index >= 15 is 0 Å². The van der Waals surface area contributed by atoms with Crippen molar-refractivity contribution >= 4 is 17.3 Å². The maximum atomic E-state index is 14.1. The predicted molar refractivity (Wildman–Crippen MR) is 132 cm³/mol. The lowest BCUT2D eigenvalue weighted by Crippen LogP contribution is -2.41. The lowest BCUT2D eigenvalue weighted by Gasteiger charge is -2.35. The Morgan fingerprint density at radius 3 is 2.11 bits per heavy atom. The van der Waals surface area contributed by atoms with Crippen molar-refractivity contribution < 1.29 is 19.8 Å². The van der Waals surface area contributed by atoms with E-state index in [-0.39, 0.29) is 22.6 Å². The van der Waals surface area contributed by atoms with E-state index < -0.39 is 12.1 Å². The molecule has 0 radical (unpaired) electrons. The number of aliphatic hydroxyl groups is 1. The SMILES string of the molecule is O=C1C(C(c2ccc(N([O-])O)cc2)N2CCOCC2)=C(O)C(c2ccccc2)N1c1ccccc1. The number of aliphatic hydroxyl groups excluding tert-OH is 1. The van der Waals surface area contributed by atoms with Gasteiger partial charge in [0.1, 0.15) is 11.8 Å². The van der Waals surface area contributed by atoms with Crippen molar-refractivity contribution in [2.45, 2.75) is 12.1 Å². The Balaban J connectivity index is 1.65. The summed E-state index contributed by atoms with van der Waals surface area (Å²) in [6, 6.07) is 24.0. The molecular weight excluding hydrogens is 446 g/mol. The third-order valence-electron chi connectivity index (χ3n) is 6.51. The fourth-order valence-corrected chi connectivity index (χ4v) is 4.86. The van der Waals surface area contributed by atoms with Crippen LogP contribution in [0.2, 0.25) is 0 Å². The highest BCUT2D eigenvalue weighted by Crippen LogP contribution is 2.45. The van der Waals surface area contributed by atoms with Gasteiger partial charge in [-0.15, -0.1) is 0 Å². The number of hydrogen-bond donors (Lipinski definition) is 2. The number of ether oxygens (including phenoxy) is 1. The summed E-state index contributed by atoms with van der Waals surface area (Å²) >= 11 is 0. The number of rotatable bonds is 6. The van der Waals surface area contributed by atoms with Crippen molar-refractivity contribution in [3.05, 3.63) is 113 Å². The number of nitrogens with zero attached hydrogens (tertiary/aromatic N) is 3. The van der Waals surface area contributed by atoms with E-state index in [4.69, 9.17) is 4.74 Å². The molecule has 2 unspecified atom stereocenters. The third-order valence-corrected chi connectivity index (χ3v) is 6.51. The average molecular weight is 473 g/mol. The summed E-state index contributed by atoms with van der Waals surface area (Å²) in [7, 11) is 0. The number of carbonyl (C=O) groups excluding carboxylic acids is 1. The van der Waals surface area contributed by atoms with Crippen molar-refractivity contribution in [1.82, 2.24) is 4.90 Å². The number of benzene rings is 3. The summed E-state index contributed by atoms with van der Waals surface area (Å²) in [5.41, 5.74) is 2.59. The quantitative estimate of drug-likeness (QED) is 0.515. The number of amides is 1. The van der Waals surface area contributed by atoms with Gasteiger partial charge in [-0.3, -0.25) is 19.8 Å². The first-order valence-electron chi connectivity index (χ1n) is 11.5. The van der Waals surface area contributed by atoms with E-state index in [9.17, 15) is 20.3 Å². The van der Waals surface area contributed by atoms with Gasteiger partial charge in [0.05, 0.1) is 30.5 Å². The topological polar surface area (TPSA) is 99.5 Å². The molecule has 2 heterocycles. The molecule has 3 aromatic carbocycles. The van der Waals surface area contributed by atoms with Crippen LogP contribution in [0.4, 0.5) is 11.4 Å². The maximum absolute atomic E-state index is 14.1. The largest absolute Gasteiger partial charge is 0.733 e. The number of morpholine rings is 1. The standard InChI is InChI=1S/C27H26N3O5/c31-26-23(24(28-15-17-35-18-16-28)20-11-13-22(14-12-20)30(33)34)27(32)29(21-9-5-2-6-10-21)25(26)19-7-3-1-4-8-19/h1-14,24-25,31,33H,15-18H2/q-1. The maximum Gasteiger partial charge on any atom is 0.260 e. The zero-order valence-corrected chi connectivity index (χ0v) is 19.0. The summed E-state index contributed by atoms with van der Waals surface area (Å²) < 4.78 is 5.54. The van der Waals surface area contributed by atoms with Crippen molar-refractivity contribution in [1.29, 1.82) is 0 Å². The molecule has 2 N–H and O–H groups in total. The Kier molecular flexibility index (Phi) is 6.52. The molecule has 8 nitrogen and oxygen atoms in total. The first-order valence-corrected chi connectivity index (χ1v) is 11.5. The Bertz CT molecular complexity index is 1190. The monoisotopic (exact) mass is 472 g/mol. The van der Waals surface area contributed by atoms with E-state index in [1.165, 1.54) is 12.1 Å². The summed E-state index contributed by atoms with van der Waals surface area (Å²) in [4.78, 5) is 17.8. The number of hydrogen-bond acceptors (Lipinski definition) is 7. The van der Waals surface area contributed by atoms with Crippen LogP contribution in [-0.4, -0.2) is 47.4 Å². The van der Waals surface area contributed by atoms with Crippen LogP contribution in [0, 0.1) is 5.21 Å². The second-order valence-corrected chi connectivity index (χ2v) is 8.54. The predicted octanol–water partition coefficient (Wildman–Crippen LogP) is 4.35. The number of anilines is 2. The van der Waals surface area contributed by atoms with Crippen molar-refractivity contribution in [3.63, 3.8) is 0 Å². The normalized spacial score (nSPS) is 19.8. The molecule has 8 heteroatoms. The van der Waals surface area contributed by atoms with Crippen LogP contribution in [0.5, 0.6) is 0 Å². The highest BCUT2D eigenvalue weighted by Gasteiger charge is 2.46. The molecule has 0 aliphatic carbocycles. The van der Waals surface area contributed by atoms with Gasteiger partial charge < -0.3 is 20.3 Å². The molecule has 180 valence electrons. The molecule has 1 saturated heterocycles. The van der Waals surface area contributed by atoms with Gasteiger partial charge in [-0.05, 0) is 35.4 Å². The van der Waals surface area contributed by atoms with Gasteiger partial charge in [0.25, 0.3) is 5.91 Å². The van der Waals surface area contributed by atoms with Crippen molar-refractivity contribution in [2.75, 3.05) is 36.4 Å². The van der Waals surface area contributed by atoms with Crippen LogP contribution >= 0.6 is 0 Å². The Morgan fingerprint density at radius 1 is 0.914 bits per heavy atom. The van der Waals surface area contributed by atoms with Crippen LogP contribution < -0.4 is 10.1 Å². The number of carbonyl (C=O) groups is 1. The Labute approximate surface area is 203 Å². The molecule has 0 spiro atoms. The second kappa shape index (κ2) is 9.89. The summed E-state index contributed by atoms with van der Waals surface area (Å²) in [6.45, 7) is 2.16. The zero-order valence-electron chi connectivity index (χ0n) is 19.0. The fourth-order valence-electron chi connectivity index (χ4n) is 4.86. The Morgan fingerprint density at radius 2 is 1.51 bits per heavy atom. The minimum Gasteiger partial charge on any atom is -0.733 e. The molecule has 5 rings (SSSR count). The molecule has 2 aliphatic heterocycles. The van der Waals surface area contributed by atoms with Gasteiger partial charge >= 0.3 is 0 Å². The molecule has 2 atom stereocenters. The van der Waals surface area contributed by atoms with E-state index in [2.05, 4.69) is 4.90 Å².